The van der Waals surface area contributed by atoms with Crippen LogP contribution in [0.4, 0.5) is 0 Å². The summed E-state index contributed by atoms with van der Waals surface area (Å²) in [5.41, 5.74) is 0.799. The maximum atomic E-state index is 12.9. The highest BCUT2D eigenvalue weighted by Gasteiger charge is 2.28. The molecule has 1 amide bonds. The minimum atomic E-state index is 0. The number of halogens is 2. The van der Waals surface area contributed by atoms with Crippen molar-refractivity contribution in [3.63, 3.8) is 0 Å². The summed E-state index contributed by atoms with van der Waals surface area (Å²) in [6.07, 6.45) is 4.85. The van der Waals surface area contributed by atoms with Crippen LogP contribution in [0.2, 0.25) is 0 Å². The molecule has 5 nitrogen and oxygen atoms in total. The largest absolute Gasteiger partial charge is 0.459 e. The van der Waals surface area contributed by atoms with E-state index in [9.17, 15) is 4.79 Å². The van der Waals surface area contributed by atoms with Gasteiger partial charge >= 0.3 is 0 Å². The highest BCUT2D eigenvalue weighted by molar-refractivity contribution is 7.17. The fourth-order valence-corrected chi connectivity index (χ4v) is 4.33. The maximum absolute atomic E-state index is 12.9. The molecule has 2 aliphatic rings. The lowest BCUT2D eigenvalue weighted by molar-refractivity contribution is 0.0709. The highest BCUT2D eigenvalue weighted by atomic mass is 35.5. The molecule has 1 N–H and O–H groups in total. The van der Waals surface area contributed by atoms with Gasteiger partial charge in [-0.05, 0) is 64.1 Å². The lowest BCUT2D eigenvalue weighted by atomic mass is 10.0. The molecule has 2 aromatic heterocycles. The Morgan fingerprint density at radius 1 is 1.22 bits per heavy atom. The molecule has 0 spiro atoms. The number of nitrogens with one attached hydrogen (secondary N) is 1. The number of carbonyl (C=O) groups excluding carboxylic acids is 1. The summed E-state index contributed by atoms with van der Waals surface area (Å²) in [5, 5.41) is 4.45. The van der Waals surface area contributed by atoms with Crippen LogP contribution in [0.3, 0.4) is 0 Å². The van der Waals surface area contributed by atoms with E-state index in [4.69, 9.17) is 4.42 Å². The van der Waals surface area contributed by atoms with Gasteiger partial charge in [-0.2, -0.15) is 0 Å². The van der Waals surface area contributed by atoms with Crippen LogP contribution in [0, 0.1) is 19.8 Å². The van der Waals surface area contributed by atoms with E-state index < -0.39 is 0 Å². The molecule has 150 valence electrons. The minimum absolute atomic E-state index is 0. The van der Waals surface area contributed by atoms with Gasteiger partial charge in [0, 0.05) is 19.1 Å². The number of hydrogen-bond acceptors (Lipinski definition) is 5. The fourth-order valence-electron chi connectivity index (χ4n) is 3.34. The summed E-state index contributed by atoms with van der Waals surface area (Å²) < 4.78 is 5.64. The van der Waals surface area contributed by atoms with Crippen molar-refractivity contribution >= 4 is 42.1 Å². The summed E-state index contributed by atoms with van der Waals surface area (Å²) in [6.45, 7) is 6.63. The van der Waals surface area contributed by atoms with Crippen molar-refractivity contribution in [3.8, 4) is 10.8 Å². The number of thiazole rings is 1. The van der Waals surface area contributed by atoms with Crippen LogP contribution < -0.4 is 5.32 Å². The molecule has 0 unspecified atom stereocenters. The fraction of sp³-hybridized carbons (Fsp3) is 0.579. The van der Waals surface area contributed by atoms with Crippen molar-refractivity contribution in [3.05, 3.63) is 28.5 Å². The third-order valence-electron chi connectivity index (χ3n) is 5.12. The van der Waals surface area contributed by atoms with Gasteiger partial charge in [-0.1, -0.05) is 0 Å². The Hall–Kier alpha value is -1.08. The van der Waals surface area contributed by atoms with Crippen molar-refractivity contribution in [1.29, 1.82) is 0 Å². The molecular weight excluding hydrogens is 405 g/mol. The minimum Gasteiger partial charge on any atom is -0.459 e. The second-order valence-electron chi connectivity index (χ2n) is 7.26. The second kappa shape index (κ2) is 9.41. The molecule has 8 heteroatoms. The van der Waals surface area contributed by atoms with Gasteiger partial charge in [0.25, 0.3) is 5.91 Å². The molecule has 1 aliphatic heterocycles. The van der Waals surface area contributed by atoms with E-state index in [1.165, 1.54) is 24.2 Å². The van der Waals surface area contributed by atoms with Crippen LogP contribution in [0.1, 0.15) is 46.8 Å². The molecule has 2 aromatic rings. The molecule has 1 aliphatic carbocycles. The zero-order valence-electron chi connectivity index (χ0n) is 15.7. The first-order valence-electron chi connectivity index (χ1n) is 9.17. The Morgan fingerprint density at radius 2 is 1.93 bits per heavy atom. The Bertz CT molecular complexity index is 765. The van der Waals surface area contributed by atoms with Crippen LogP contribution >= 0.6 is 36.2 Å². The Morgan fingerprint density at radius 3 is 2.52 bits per heavy atom. The van der Waals surface area contributed by atoms with Crippen molar-refractivity contribution < 1.29 is 9.21 Å². The van der Waals surface area contributed by atoms with E-state index >= 15 is 0 Å². The highest BCUT2D eigenvalue weighted by Crippen LogP contribution is 2.31. The average molecular weight is 432 g/mol. The number of aromatic nitrogens is 1. The quantitative estimate of drug-likeness (QED) is 0.758. The van der Waals surface area contributed by atoms with E-state index in [1.807, 2.05) is 30.9 Å². The van der Waals surface area contributed by atoms with Crippen LogP contribution in [0.15, 0.2) is 16.5 Å². The molecule has 1 saturated heterocycles. The van der Waals surface area contributed by atoms with Gasteiger partial charge in [0.05, 0.1) is 5.69 Å². The summed E-state index contributed by atoms with van der Waals surface area (Å²) in [4.78, 5) is 20.2. The van der Waals surface area contributed by atoms with E-state index in [2.05, 4.69) is 10.3 Å². The summed E-state index contributed by atoms with van der Waals surface area (Å²) in [7, 11) is 0. The molecule has 0 atom stereocenters. The normalized spacial score (nSPS) is 17.3. The number of carbonyl (C=O) groups is 1. The number of hydrogen-bond donors (Lipinski definition) is 1. The van der Waals surface area contributed by atoms with E-state index in [1.54, 1.807) is 0 Å². The number of likely N-dealkylation sites (tertiary alicyclic amines) is 1. The predicted octanol–water partition coefficient (Wildman–Crippen LogP) is 4.47. The van der Waals surface area contributed by atoms with Crippen LogP contribution in [0.5, 0.6) is 0 Å². The van der Waals surface area contributed by atoms with E-state index in [0.29, 0.717) is 6.04 Å². The first kappa shape index (κ1) is 22.2. The number of aryl methyl sites for hydroxylation is 2. The summed E-state index contributed by atoms with van der Waals surface area (Å²) in [5.74, 6) is 2.62. The topological polar surface area (TPSA) is 58.4 Å². The molecule has 0 bridgehead atoms. The van der Waals surface area contributed by atoms with Crippen molar-refractivity contribution in [1.82, 2.24) is 15.2 Å². The van der Waals surface area contributed by atoms with Gasteiger partial charge in [0.2, 0.25) is 0 Å². The van der Waals surface area contributed by atoms with Gasteiger partial charge in [-0.25, -0.2) is 4.98 Å². The number of nitrogens with zero attached hydrogens (tertiary/aromatic N) is 2. The van der Waals surface area contributed by atoms with Gasteiger partial charge in [-0.3, -0.25) is 4.79 Å². The smallest absolute Gasteiger partial charge is 0.265 e. The van der Waals surface area contributed by atoms with Crippen molar-refractivity contribution in [2.45, 2.75) is 45.6 Å². The Kier molecular flexibility index (Phi) is 7.74. The zero-order valence-corrected chi connectivity index (χ0v) is 18.1. The van der Waals surface area contributed by atoms with E-state index in [-0.39, 0.29) is 30.7 Å². The lowest BCUT2D eigenvalue weighted by Gasteiger charge is -2.32. The van der Waals surface area contributed by atoms with Crippen LogP contribution in [-0.4, -0.2) is 41.5 Å². The molecule has 27 heavy (non-hydrogen) atoms. The Labute approximate surface area is 176 Å². The lowest BCUT2D eigenvalue weighted by Crippen LogP contribution is -2.45. The van der Waals surface area contributed by atoms with Gasteiger partial charge in [0.1, 0.15) is 10.6 Å². The molecule has 4 rings (SSSR count). The Balaban J connectivity index is 0.00000131. The molecule has 0 aromatic carbocycles. The first-order chi connectivity index (χ1) is 12.1. The molecule has 3 heterocycles. The van der Waals surface area contributed by atoms with Gasteiger partial charge in [-0.15, -0.1) is 36.2 Å². The summed E-state index contributed by atoms with van der Waals surface area (Å²) >= 11 is 1.44. The first-order valence-corrected chi connectivity index (χ1v) is 9.98. The average Bonchev–Trinajstić information content (AvgIpc) is 3.22. The second-order valence-corrected chi connectivity index (χ2v) is 8.26. The molecule has 1 saturated carbocycles. The standard InChI is InChI=1S/C19H25N3O2S.2ClH/c1-12-3-6-16(24-12)18-21-13(2)17(25-18)19(23)22-9-7-15(8-10-22)20-11-14-4-5-14;;/h3,6,14-15,20H,4-5,7-11H2,1-2H3;2*1H. The predicted molar refractivity (Wildman–Crippen MR) is 113 cm³/mol. The molecule has 2 fully saturated rings. The summed E-state index contributed by atoms with van der Waals surface area (Å²) in [6, 6.07) is 4.40. The van der Waals surface area contributed by atoms with E-state index in [0.717, 1.165) is 65.5 Å². The maximum Gasteiger partial charge on any atom is 0.265 e. The van der Waals surface area contributed by atoms with Gasteiger partial charge < -0.3 is 14.6 Å². The number of amides is 1. The van der Waals surface area contributed by atoms with Crippen LogP contribution in [-0.2, 0) is 0 Å². The molecular formula is C19H27Cl2N3O2S. The number of furan rings is 1. The zero-order chi connectivity index (χ0) is 17.4. The van der Waals surface area contributed by atoms with Gasteiger partial charge in [0.15, 0.2) is 10.8 Å². The third kappa shape index (κ3) is 5.25. The SMILES string of the molecule is Cc1ccc(-c2nc(C)c(C(=O)N3CCC(NCC4CC4)CC3)s2)o1.Cl.Cl. The molecule has 0 radical (unpaired) electrons. The monoisotopic (exact) mass is 431 g/mol. The third-order valence-corrected chi connectivity index (χ3v) is 6.28. The van der Waals surface area contributed by atoms with Crippen molar-refractivity contribution in [2.24, 2.45) is 5.92 Å². The van der Waals surface area contributed by atoms with Crippen molar-refractivity contribution in [2.75, 3.05) is 19.6 Å². The van der Waals surface area contributed by atoms with Crippen LogP contribution in [0.25, 0.3) is 10.8 Å². The number of rotatable bonds is 5. The number of piperidine rings is 1.